The number of nitrogens with one attached hydrogen (secondary N) is 1. The van der Waals surface area contributed by atoms with Gasteiger partial charge in [-0.2, -0.15) is 23.5 Å². The number of esters is 3. The van der Waals surface area contributed by atoms with E-state index in [2.05, 4.69) is 46.9 Å². The lowest BCUT2D eigenvalue weighted by atomic mass is 9.88. The number of amides is 3. The van der Waals surface area contributed by atoms with Gasteiger partial charge in [0.15, 0.2) is 5.78 Å². The summed E-state index contributed by atoms with van der Waals surface area (Å²) in [4.78, 5) is 117. The van der Waals surface area contributed by atoms with E-state index < -0.39 is 65.7 Å². The van der Waals surface area contributed by atoms with Gasteiger partial charge in [0.25, 0.3) is 0 Å². The first-order valence-electron chi connectivity index (χ1n) is 54.5. The van der Waals surface area contributed by atoms with Crippen LogP contribution in [0.5, 0.6) is 0 Å². The molecule has 0 aliphatic heterocycles. The minimum atomic E-state index is -2.57. The predicted octanol–water partition coefficient (Wildman–Crippen LogP) is 31.9. The zero-order valence-electron chi connectivity index (χ0n) is 83.0. The number of ether oxygens (including phenoxy) is 3. The lowest BCUT2D eigenvalue weighted by molar-refractivity contribution is -0.169. The van der Waals surface area contributed by atoms with Gasteiger partial charge < -0.3 is 29.7 Å². The highest BCUT2D eigenvalue weighted by Crippen LogP contribution is 2.32. The van der Waals surface area contributed by atoms with E-state index in [1.807, 2.05) is 0 Å². The van der Waals surface area contributed by atoms with Crippen molar-refractivity contribution in [1.29, 1.82) is 0 Å². The molecule has 17 heteroatoms. The normalized spacial score (nSPS) is 12.8. The number of unbranched alkanes of at least 4 members (excludes halogenated alkanes) is 72. The molecular weight excluding hydrogens is 1600 g/mol. The number of rotatable bonds is 102. The second-order valence-electron chi connectivity index (χ2n) is 37.9. The van der Waals surface area contributed by atoms with Crippen molar-refractivity contribution >= 4 is 70.9 Å². The topological polar surface area (TPSA) is 220 Å². The zero-order valence-corrected chi connectivity index (χ0v) is 84.7. The number of aliphatic carboxylic acids is 1. The number of carboxylic acids is 1. The SMILES string of the molecule is CCCCCCCCCCCCCCCC(=O)N[C@@H](CSCC(COC(=O)CCCCCCCCCCCCCCC)OC(=O)CCCCCCCCCCCCCCC)C(=O)OC(CO)CSC[C@](C(=O)O)(C(=O)CCCCCCCCCCCCCCC)N(C(=O)CCCCCCCCCCCCCCC)C(=O)CCCCCCCCCCCCCCC. The molecule has 0 aliphatic carbocycles. The maximum atomic E-state index is 15.3. The highest BCUT2D eigenvalue weighted by atomic mass is 32.2. The second-order valence-corrected chi connectivity index (χ2v) is 40.0. The molecule has 0 radical (unpaired) electrons. The number of carbonyl (C=O) groups excluding carboxylic acids is 7. The lowest BCUT2D eigenvalue weighted by Gasteiger charge is -2.38. The summed E-state index contributed by atoms with van der Waals surface area (Å²) in [5.41, 5.74) is -2.57. The summed E-state index contributed by atoms with van der Waals surface area (Å²) in [6.07, 6.45) is 86.5. The largest absolute Gasteiger partial charge is 0.479 e. The van der Waals surface area contributed by atoms with E-state index >= 15 is 14.4 Å². The molecule has 0 rings (SSSR count). The maximum absolute atomic E-state index is 15.3. The molecule has 0 fully saturated rings. The van der Waals surface area contributed by atoms with Gasteiger partial charge in [0.05, 0.1) is 6.61 Å². The molecule has 4 atom stereocenters. The Bertz CT molecular complexity index is 2390. The van der Waals surface area contributed by atoms with Gasteiger partial charge in [0.1, 0.15) is 24.9 Å². The predicted molar refractivity (Wildman–Crippen MR) is 533 cm³/mol. The molecule has 0 aromatic heterocycles. The van der Waals surface area contributed by atoms with Crippen molar-refractivity contribution in [1.82, 2.24) is 10.2 Å². The van der Waals surface area contributed by atoms with Crippen molar-refractivity contribution in [2.45, 2.75) is 605 Å². The van der Waals surface area contributed by atoms with Gasteiger partial charge in [0.2, 0.25) is 23.3 Å². The molecule has 0 heterocycles. The molecule has 15 nitrogen and oxygen atoms in total. The van der Waals surface area contributed by atoms with Gasteiger partial charge in [-0.25, -0.2) is 9.59 Å². The van der Waals surface area contributed by atoms with E-state index in [0.29, 0.717) is 44.9 Å². The van der Waals surface area contributed by atoms with Crippen LogP contribution in [0, 0.1) is 0 Å². The van der Waals surface area contributed by atoms with Crippen LogP contribution in [0.4, 0.5) is 0 Å². The first-order chi connectivity index (χ1) is 61.2. The summed E-state index contributed by atoms with van der Waals surface area (Å²) in [5.74, 6) is -6.08. The molecule has 0 aromatic carbocycles. The number of hydrogen-bond acceptors (Lipinski definition) is 14. The summed E-state index contributed by atoms with van der Waals surface area (Å²) in [5, 5.41) is 25.9. The maximum Gasteiger partial charge on any atom is 0.338 e. The van der Waals surface area contributed by atoms with Crippen LogP contribution in [0.2, 0.25) is 0 Å². The lowest BCUT2D eigenvalue weighted by Crippen LogP contribution is -2.65. The van der Waals surface area contributed by atoms with E-state index in [0.717, 1.165) is 158 Å². The molecule has 0 spiro atoms. The third kappa shape index (κ3) is 77.0. The fraction of sp³-hybridized carbons (Fsp3) is 0.926. The van der Waals surface area contributed by atoms with Crippen molar-refractivity contribution in [2.75, 3.05) is 36.2 Å². The van der Waals surface area contributed by atoms with Crippen LogP contribution in [0.25, 0.3) is 0 Å². The highest BCUT2D eigenvalue weighted by Gasteiger charge is 2.55. The van der Waals surface area contributed by atoms with Crippen molar-refractivity contribution < 1.29 is 62.8 Å². The third-order valence-electron chi connectivity index (χ3n) is 25.7. The second kappa shape index (κ2) is 95.4. The number of imide groups is 1. The standard InChI is InChI=1S/C108H204N2O13S2/c1-7-13-19-25-31-37-43-49-55-61-67-73-79-85-100(112)108(107(119)120,110(102(114)87-81-75-69-63-57-51-45-39-33-27-21-15-9-3)103(115)88-82-76-70-64-58-52-46-40-34-28-22-16-10-4)96-125-93-97(91-111)123-106(118)99(109-101(113)86-80-74-68-62-56-50-44-38-32-26-20-14-8-2)95-124-94-98(122-105(117)90-84-78-72-66-60-54-48-42-36-30-24-18-12-6)92-121-104(116)89-83-77-71-65-59-53-47-41-35-29-23-17-11-5/h97-99,111H,7-96H2,1-6H3,(H,109,113)(H,119,120)/t97?,98?,99-,108+/m0/s1. The summed E-state index contributed by atoms with van der Waals surface area (Å²) in [7, 11) is 0. The monoisotopic (exact) mass is 1800 g/mol. The number of thioether (sulfide) groups is 2. The average molecular weight is 1800 g/mol. The molecule has 3 amide bonds. The van der Waals surface area contributed by atoms with Gasteiger partial charge in [-0.15, -0.1) is 0 Å². The molecular formula is C108H204N2O13S2. The molecule has 3 N–H and O–H groups in total. The quantitative estimate of drug-likeness (QED) is 0.0223. The Morgan fingerprint density at radius 2 is 0.536 bits per heavy atom. The van der Waals surface area contributed by atoms with Crippen LogP contribution in [0.15, 0.2) is 0 Å². The Hall–Kier alpha value is -3.18. The fourth-order valence-electron chi connectivity index (χ4n) is 17.4. The molecule has 0 saturated carbocycles. The first kappa shape index (κ1) is 122. The van der Waals surface area contributed by atoms with Crippen molar-refractivity contribution in [3.8, 4) is 0 Å². The Balaban J connectivity index is 7.10. The number of ketones is 1. The van der Waals surface area contributed by atoms with E-state index in [1.165, 1.54) is 326 Å². The number of Topliss-reactive ketones (excluding diaryl/α,β-unsaturated/α-hetero) is 1. The van der Waals surface area contributed by atoms with Crippen LogP contribution in [0.3, 0.4) is 0 Å². The van der Waals surface area contributed by atoms with Gasteiger partial charge >= 0.3 is 23.9 Å². The Morgan fingerprint density at radius 3 is 0.816 bits per heavy atom. The fourth-order valence-corrected chi connectivity index (χ4v) is 19.7. The highest BCUT2D eigenvalue weighted by molar-refractivity contribution is 7.99. The minimum absolute atomic E-state index is 0.0121. The number of nitrogens with zero attached hydrogens (tertiary/aromatic N) is 1. The molecule has 736 valence electrons. The van der Waals surface area contributed by atoms with Crippen LogP contribution in [-0.2, 0) is 52.6 Å². The van der Waals surface area contributed by atoms with E-state index in [4.69, 9.17) is 14.2 Å². The number of carbonyl (C=O) groups is 8. The number of carboxylic acid groups (broad SMARTS) is 1. The Labute approximate surface area is 780 Å². The van der Waals surface area contributed by atoms with Crippen molar-refractivity contribution in [3.05, 3.63) is 0 Å². The smallest absolute Gasteiger partial charge is 0.338 e. The molecule has 0 saturated heterocycles. The zero-order chi connectivity index (χ0) is 91.3. The summed E-state index contributed by atoms with van der Waals surface area (Å²) in [6.45, 7) is 12.6. The van der Waals surface area contributed by atoms with Crippen LogP contribution in [0.1, 0.15) is 581 Å². The van der Waals surface area contributed by atoms with Gasteiger partial charge in [-0.3, -0.25) is 33.7 Å². The summed E-state index contributed by atoms with van der Waals surface area (Å²) < 4.78 is 18.1. The molecule has 2 unspecified atom stereocenters. The molecule has 0 aromatic rings. The van der Waals surface area contributed by atoms with Gasteiger partial charge in [0, 0.05) is 61.5 Å². The van der Waals surface area contributed by atoms with E-state index in [9.17, 15) is 34.2 Å². The summed E-state index contributed by atoms with van der Waals surface area (Å²) in [6, 6.07) is -1.23. The van der Waals surface area contributed by atoms with Crippen molar-refractivity contribution in [3.63, 3.8) is 0 Å². The third-order valence-corrected chi connectivity index (χ3v) is 28.1. The Kier molecular flexibility index (Phi) is 93.0. The first-order valence-corrected chi connectivity index (χ1v) is 56.8. The summed E-state index contributed by atoms with van der Waals surface area (Å²) >= 11 is 2.22. The van der Waals surface area contributed by atoms with Crippen LogP contribution < -0.4 is 5.32 Å². The molecule has 125 heavy (non-hydrogen) atoms. The van der Waals surface area contributed by atoms with E-state index in [1.54, 1.807) is 0 Å². The molecule has 0 aliphatic rings. The Morgan fingerprint density at radius 1 is 0.288 bits per heavy atom. The van der Waals surface area contributed by atoms with Gasteiger partial charge in [-0.05, 0) is 38.5 Å². The number of aliphatic hydroxyl groups is 1. The van der Waals surface area contributed by atoms with E-state index in [-0.39, 0.29) is 80.2 Å². The van der Waals surface area contributed by atoms with Crippen molar-refractivity contribution in [2.24, 2.45) is 0 Å². The number of hydrogen-bond donors (Lipinski definition) is 3. The van der Waals surface area contributed by atoms with Gasteiger partial charge in [-0.1, -0.05) is 504 Å². The average Bonchev–Trinajstić information content (AvgIpc) is 0.764. The van der Waals surface area contributed by atoms with Crippen LogP contribution in [-0.4, -0.2) is 123 Å². The number of aliphatic hydroxyl groups excluding tert-OH is 1. The minimum Gasteiger partial charge on any atom is -0.479 e. The molecule has 0 bridgehead atoms. The van der Waals surface area contributed by atoms with Crippen LogP contribution >= 0.6 is 23.5 Å².